The van der Waals surface area contributed by atoms with Crippen molar-refractivity contribution in [1.29, 1.82) is 0 Å². The lowest BCUT2D eigenvalue weighted by atomic mass is 9.61. The third kappa shape index (κ3) is 8.02. The molecule has 0 N–H and O–H groups in total. The molecule has 1 nitrogen and oxygen atoms in total. The van der Waals surface area contributed by atoms with Crippen molar-refractivity contribution < 1.29 is 0 Å². The van der Waals surface area contributed by atoms with Gasteiger partial charge in [-0.1, -0.05) is 74.1 Å². The summed E-state index contributed by atoms with van der Waals surface area (Å²) in [5, 5.41) is 0. The Labute approximate surface area is 129 Å². The maximum atomic E-state index is 4.28. The molecule has 0 aliphatic heterocycles. The molecule has 0 saturated heterocycles. The third-order valence-electron chi connectivity index (χ3n) is 5.11. The molecule has 0 rings (SSSR count). The van der Waals surface area contributed by atoms with Crippen LogP contribution in [0.1, 0.15) is 61.3 Å². The molecule has 0 aliphatic carbocycles. The molecule has 0 aromatic rings. The van der Waals surface area contributed by atoms with Crippen LogP contribution in [0.15, 0.2) is 12.3 Å². The van der Waals surface area contributed by atoms with Crippen molar-refractivity contribution in [3.8, 4) is 0 Å². The second kappa shape index (κ2) is 8.15. The minimum atomic E-state index is 0.370. The van der Waals surface area contributed by atoms with Crippen LogP contribution in [-0.4, -0.2) is 25.8 Å². The van der Waals surface area contributed by atoms with E-state index >= 15 is 0 Å². The van der Waals surface area contributed by atoms with Gasteiger partial charge in [0, 0.05) is 19.3 Å². The quantitative estimate of drug-likeness (QED) is 0.413. The predicted molar refractivity (Wildman–Crippen MR) is 95.8 cm³/mol. The summed E-state index contributed by atoms with van der Waals surface area (Å²) < 4.78 is 0. The maximum Gasteiger partial charge on any atom is 0.123 e. The topological polar surface area (TPSA) is 3.24 Å². The highest BCUT2D eigenvalue weighted by Crippen LogP contribution is 2.31. The van der Waals surface area contributed by atoms with Gasteiger partial charge in [0.05, 0.1) is 0 Å². The Morgan fingerprint density at radius 2 is 1.75 bits per heavy atom. The monoisotopic (exact) mass is 279 g/mol. The Morgan fingerprint density at radius 3 is 2.20 bits per heavy atom. The lowest BCUT2D eigenvalue weighted by Crippen LogP contribution is -2.25. The summed E-state index contributed by atoms with van der Waals surface area (Å²) in [5.74, 6) is 0.677. The molecule has 0 aromatic carbocycles. The zero-order valence-corrected chi connectivity index (χ0v) is 15.5. The van der Waals surface area contributed by atoms with E-state index in [1.165, 1.54) is 32.0 Å². The largest absolute Gasteiger partial charge is 0.379 e. The fourth-order valence-electron chi connectivity index (χ4n) is 2.10. The van der Waals surface area contributed by atoms with E-state index in [4.69, 9.17) is 0 Å². The fourth-order valence-corrected chi connectivity index (χ4v) is 2.10. The van der Waals surface area contributed by atoms with Gasteiger partial charge in [0.1, 0.15) is 7.28 Å². The molecule has 118 valence electrons. The summed E-state index contributed by atoms with van der Waals surface area (Å²) >= 11 is 0. The minimum absolute atomic E-state index is 0.370. The van der Waals surface area contributed by atoms with E-state index in [-0.39, 0.29) is 0 Å². The van der Waals surface area contributed by atoms with Gasteiger partial charge in [-0.25, -0.2) is 0 Å². The molecule has 0 aliphatic rings. The number of allylic oxidation sites excluding steroid dienone is 1. The van der Waals surface area contributed by atoms with Crippen LogP contribution in [0.25, 0.3) is 0 Å². The number of rotatable bonds is 9. The normalized spacial score (nSPS) is 14.0. The van der Waals surface area contributed by atoms with Gasteiger partial charge >= 0.3 is 0 Å². The molecule has 0 fully saturated rings. The molecule has 0 radical (unpaired) electrons. The van der Waals surface area contributed by atoms with Crippen LogP contribution in [0.3, 0.4) is 0 Å². The summed E-state index contributed by atoms with van der Waals surface area (Å²) in [4.78, 5) is 2.36. The highest BCUT2D eigenvalue weighted by Gasteiger charge is 2.21. The second-order valence-electron chi connectivity index (χ2n) is 8.43. The standard InChI is InChI=1S/C18H38BN/c1-10-18(7,8)14-19-11-12-20(9)16(3)13-15(2)17(4,5)6/h15,19H,3,10-14H2,1-2,4-9H3. The van der Waals surface area contributed by atoms with Crippen LogP contribution in [0.5, 0.6) is 0 Å². The Kier molecular flexibility index (Phi) is 7.99. The van der Waals surface area contributed by atoms with Crippen LogP contribution >= 0.6 is 0 Å². The molecule has 20 heavy (non-hydrogen) atoms. The molecule has 1 atom stereocenters. The van der Waals surface area contributed by atoms with Crippen LogP contribution in [-0.2, 0) is 0 Å². The maximum absolute atomic E-state index is 4.28. The molecule has 0 amide bonds. The molecule has 0 aromatic heterocycles. The van der Waals surface area contributed by atoms with E-state index in [1.807, 2.05) is 0 Å². The molecular weight excluding hydrogens is 241 g/mol. The second-order valence-corrected chi connectivity index (χ2v) is 8.43. The molecular formula is C18H38BN. The lowest BCUT2D eigenvalue weighted by Gasteiger charge is -2.31. The molecule has 0 saturated carbocycles. The summed E-state index contributed by atoms with van der Waals surface area (Å²) in [6.45, 7) is 21.8. The zero-order valence-electron chi connectivity index (χ0n) is 15.5. The highest BCUT2D eigenvalue weighted by atomic mass is 15.1. The number of hydrogen-bond donors (Lipinski definition) is 0. The summed E-state index contributed by atoms with van der Waals surface area (Å²) in [6.07, 6.45) is 5.00. The molecule has 0 heterocycles. The molecule has 0 bridgehead atoms. The summed E-state index contributed by atoms with van der Waals surface area (Å²) in [6, 6.07) is 0. The minimum Gasteiger partial charge on any atom is -0.379 e. The van der Waals surface area contributed by atoms with Crippen LogP contribution < -0.4 is 0 Å². The lowest BCUT2D eigenvalue weighted by molar-refractivity contribution is 0.242. The SMILES string of the molecule is C=C(CC(C)C(C)(C)C)N(C)CCBCC(C)(C)CC. The van der Waals surface area contributed by atoms with E-state index < -0.39 is 0 Å². The number of nitrogens with zero attached hydrogens (tertiary/aromatic N) is 1. The van der Waals surface area contributed by atoms with Gasteiger partial charge in [0.15, 0.2) is 0 Å². The van der Waals surface area contributed by atoms with E-state index in [1.54, 1.807) is 0 Å². The van der Waals surface area contributed by atoms with Crippen molar-refractivity contribution in [2.75, 3.05) is 13.6 Å². The van der Waals surface area contributed by atoms with Gasteiger partial charge in [-0.15, -0.1) is 0 Å². The van der Waals surface area contributed by atoms with Gasteiger partial charge in [-0.05, 0) is 23.2 Å². The molecule has 0 spiro atoms. The average Bonchev–Trinajstić information content (AvgIpc) is 2.33. The average molecular weight is 279 g/mol. The fraction of sp³-hybridized carbons (Fsp3) is 0.889. The van der Waals surface area contributed by atoms with Gasteiger partial charge in [-0.3, -0.25) is 0 Å². The zero-order chi connectivity index (χ0) is 16.0. The smallest absolute Gasteiger partial charge is 0.123 e. The van der Waals surface area contributed by atoms with Crippen molar-refractivity contribution in [2.24, 2.45) is 16.7 Å². The first kappa shape index (κ1) is 19.6. The first-order valence-corrected chi connectivity index (χ1v) is 8.38. The number of hydrogen-bond acceptors (Lipinski definition) is 1. The van der Waals surface area contributed by atoms with E-state index in [0.29, 0.717) is 16.7 Å². The Morgan fingerprint density at radius 1 is 1.20 bits per heavy atom. The third-order valence-corrected chi connectivity index (χ3v) is 5.11. The van der Waals surface area contributed by atoms with Crippen molar-refractivity contribution in [3.05, 3.63) is 12.3 Å². The first-order chi connectivity index (χ1) is 8.99. The first-order valence-electron chi connectivity index (χ1n) is 8.38. The van der Waals surface area contributed by atoms with Crippen molar-refractivity contribution in [3.63, 3.8) is 0 Å². The Balaban J connectivity index is 3.98. The highest BCUT2D eigenvalue weighted by molar-refractivity contribution is 6.35. The van der Waals surface area contributed by atoms with Gasteiger partial charge < -0.3 is 4.90 Å². The van der Waals surface area contributed by atoms with Crippen LogP contribution in [0.2, 0.25) is 12.6 Å². The van der Waals surface area contributed by atoms with Crippen LogP contribution in [0.4, 0.5) is 0 Å². The molecule has 2 heteroatoms. The van der Waals surface area contributed by atoms with Crippen molar-refractivity contribution >= 4 is 7.28 Å². The predicted octanol–water partition coefficient (Wildman–Crippen LogP) is 5.21. The van der Waals surface area contributed by atoms with Gasteiger partial charge in [0.2, 0.25) is 0 Å². The van der Waals surface area contributed by atoms with Crippen LogP contribution in [0, 0.1) is 16.7 Å². The molecule has 1 unspecified atom stereocenters. The Hall–Kier alpha value is -0.395. The van der Waals surface area contributed by atoms with Crippen molar-refractivity contribution in [2.45, 2.75) is 73.9 Å². The van der Waals surface area contributed by atoms with Gasteiger partial charge in [0.25, 0.3) is 0 Å². The van der Waals surface area contributed by atoms with Gasteiger partial charge in [-0.2, -0.15) is 0 Å². The summed E-state index contributed by atoms with van der Waals surface area (Å²) in [5.41, 5.74) is 2.17. The van der Waals surface area contributed by atoms with E-state index in [2.05, 4.69) is 67.0 Å². The summed E-state index contributed by atoms with van der Waals surface area (Å²) in [7, 11) is 3.52. The van der Waals surface area contributed by atoms with E-state index in [0.717, 1.165) is 13.0 Å². The Bertz CT molecular complexity index is 288. The van der Waals surface area contributed by atoms with Crippen molar-refractivity contribution in [1.82, 2.24) is 4.90 Å². The van der Waals surface area contributed by atoms with E-state index in [9.17, 15) is 0 Å².